The first-order valence-corrected chi connectivity index (χ1v) is 4.02. The van der Waals surface area contributed by atoms with Crippen molar-refractivity contribution in [3.05, 3.63) is 18.0 Å². The molecule has 0 unspecified atom stereocenters. The van der Waals surface area contributed by atoms with Gasteiger partial charge in [-0.25, -0.2) is 4.63 Å². The lowest BCUT2D eigenvalue weighted by molar-refractivity contribution is 0.305. The molecule has 2 rings (SSSR count). The maximum atomic E-state index is 4.54. The molecule has 0 N–H and O–H groups in total. The molecule has 1 aromatic rings. The van der Waals surface area contributed by atoms with Crippen LogP contribution in [-0.2, 0) is 0 Å². The van der Waals surface area contributed by atoms with E-state index in [4.69, 9.17) is 0 Å². The Bertz CT molecular complexity index is 279. The van der Waals surface area contributed by atoms with E-state index in [1.807, 2.05) is 0 Å². The van der Waals surface area contributed by atoms with E-state index in [0.717, 1.165) is 25.2 Å². The molecule has 0 aromatic carbocycles. The topological polar surface area (TPSA) is 42.2 Å². The highest BCUT2D eigenvalue weighted by Gasteiger charge is 2.12. The van der Waals surface area contributed by atoms with E-state index in [1.165, 1.54) is 5.57 Å². The number of hydrogen-bond acceptors (Lipinski definition) is 4. The Morgan fingerprint density at radius 3 is 3.17 bits per heavy atom. The summed E-state index contributed by atoms with van der Waals surface area (Å²) in [7, 11) is 2.10. The number of likely N-dealkylation sites (N-methyl/N-ethyl adjacent to an activating group) is 1. The molecule has 0 aliphatic carbocycles. The van der Waals surface area contributed by atoms with Crippen molar-refractivity contribution in [1.82, 2.24) is 15.2 Å². The standard InChI is InChI=1S/C8H11N3O/c1-11-4-2-3-7(6-11)8-5-9-12-10-8/h3,5H,2,4,6H2,1H3. The summed E-state index contributed by atoms with van der Waals surface area (Å²) in [6.07, 6.45) is 4.93. The van der Waals surface area contributed by atoms with Crippen molar-refractivity contribution in [1.29, 1.82) is 0 Å². The first kappa shape index (κ1) is 7.49. The fourth-order valence-electron chi connectivity index (χ4n) is 1.39. The van der Waals surface area contributed by atoms with Gasteiger partial charge in [-0.05, 0) is 19.0 Å². The van der Waals surface area contributed by atoms with Crippen LogP contribution in [0.2, 0.25) is 0 Å². The lowest BCUT2D eigenvalue weighted by atomic mass is 10.1. The summed E-state index contributed by atoms with van der Waals surface area (Å²) in [6, 6.07) is 0. The van der Waals surface area contributed by atoms with Crippen LogP contribution < -0.4 is 0 Å². The van der Waals surface area contributed by atoms with Gasteiger partial charge in [0.1, 0.15) is 5.69 Å². The van der Waals surface area contributed by atoms with Gasteiger partial charge in [-0.3, -0.25) is 0 Å². The van der Waals surface area contributed by atoms with E-state index >= 15 is 0 Å². The maximum absolute atomic E-state index is 4.54. The van der Waals surface area contributed by atoms with Crippen molar-refractivity contribution < 1.29 is 4.63 Å². The lowest BCUT2D eigenvalue weighted by Gasteiger charge is -2.21. The molecule has 0 saturated carbocycles. The van der Waals surface area contributed by atoms with Gasteiger partial charge in [-0.1, -0.05) is 16.4 Å². The molecule has 12 heavy (non-hydrogen) atoms. The second-order valence-electron chi connectivity index (χ2n) is 3.05. The Morgan fingerprint density at radius 2 is 2.50 bits per heavy atom. The Morgan fingerprint density at radius 1 is 1.58 bits per heavy atom. The van der Waals surface area contributed by atoms with Crippen molar-refractivity contribution in [2.75, 3.05) is 20.1 Å². The molecule has 4 nitrogen and oxygen atoms in total. The number of aromatic nitrogens is 2. The molecule has 64 valence electrons. The van der Waals surface area contributed by atoms with Gasteiger partial charge in [0.25, 0.3) is 0 Å². The minimum Gasteiger partial charge on any atom is -0.302 e. The summed E-state index contributed by atoms with van der Waals surface area (Å²) < 4.78 is 4.54. The zero-order valence-corrected chi connectivity index (χ0v) is 7.03. The Labute approximate surface area is 70.8 Å². The largest absolute Gasteiger partial charge is 0.302 e. The SMILES string of the molecule is CN1CCC=C(c2cnon2)C1. The second kappa shape index (κ2) is 3.06. The van der Waals surface area contributed by atoms with E-state index in [0.29, 0.717) is 0 Å². The summed E-state index contributed by atoms with van der Waals surface area (Å²) in [5.74, 6) is 0. The van der Waals surface area contributed by atoms with Crippen molar-refractivity contribution >= 4 is 5.57 Å². The summed E-state index contributed by atoms with van der Waals surface area (Å²) in [4.78, 5) is 2.25. The number of rotatable bonds is 1. The average molecular weight is 165 g/mol. The van der Waals surface area contributed by atoms with Gasteiger partial charge in [-0.2, -0.15) is 0 Å². The van der Waals surface area contributed by atoms with Gasteiger partial charge in [0, 0.05) is 13.1 Å². The van der Waals surface area contributed by atoms with Gasteiger partial charge in [0.15, 0.2) is 0 Å². The highest BCUT2D eigenvalue weighted by Crippen LogP contribution is 2.16. The summed E-state index contributed by atoms with van der Waals surface area (Å²) in [5, 5.41) is 7.37. The van der Waals surface area contributed by atoms with Crippen LogP contribution in [0.4, 0.5) is 0 Å². The van der Waals surface area contributed by atoms with Crippen LogP contribution in [0.15, 0.2) is 16.9 Å². The molecule has 0 fully saturated rings. The fourth-order valence-corrected chi connectivity index (χ4v) is 1.39. The van der Waals surface area contributed by atoms with E-state index in [9.17, 15) is 0 Å². The minimum atomic E-state index is 0.863. The van der Waals surface area contributed by atoms with Gasteiger partial charge in [0.05, 0.1) is 6.20 Å². The molecule has 0 saturated heterocycles. The van der Waals surface area contributed by atoms with Crippen LogP contribution in [0.5, 0.6) is 0 Å². The molecular formula is C8H11N3O. The van der Waals surface area contributed by atoms with Gasteiger partial charge < -0.3 is 4.90 Å². The molecule has 0 spiro atoms. The molecule has 4 heteroatoms. The third-order valence-electron chi connectivity index (χ3n) is 2.03. The predicted octanol–water partition coefficient (Wildman–Crippen LogP) is 0.788. The minimum absolute atomic E-state index is 0.863. The van der Waals surface area contributed by atoms with Crippen molar-refractivity contribution in [3.63, 3.8) is 0 Å². The fraction of sp³-hybridized carbons (Fsp3) is 0.500. The van der Waals surface area contributed by atoms with Crippen LogP contribution in [0.1, 0.15) is 12.1 Å². The zero-order chi connectivity index (χ0) is 8.39. The predicted molar refractivity (Wildman–Crippen MR) is 44.4 cm³/mol. The first-order valence-electron chi connectivity index (χ1n) is 4.02. The van der Waals surface area contributed by atoms with Gasteiger partial charge in [0.2, 0.25) is 0 Å². The Balaban J connectivity index is 2.19. The molecule has 1 aliphatic rings. The molecule has 0 atom stereocenters. The van der Waals surface area contributed by atoms with E-state index < -0.39 is 0 Å². The number of nitrogens with zero attached hydrogens (tertiary/aromatic N) is 3. The van der Waals surface area contributed by atoms with Gasteiger partial charge in [-0.15, -0.1) is 0 Å². The molecular weight excluding hydrogens is 154 g/mol. The van der Waals surface area contributed by atoms with Crippen LogP contribution in [0, 0.1) is 0 Å². The third kappa shape index (κ3) is 1.38. The molecule has 1 aliphatic heterocycles. The maximum Gasteiger partial charge on any atom is 0.131 e. The molecule has 0 bridgehead atoms. The third-order valence-corrected chi connectivity index (χ3v) is 2.03. The van der Waals surface area contributed by atoms with Crippen molar-refractivity contribution in [3.8, 4) is 0 Å². The quantitative estimate of drug-likeness (QED) is 0.617. The normalized spacial score (nSPS) is 19.2. The molecule has 1 aromatic heterocycles. The Kier molecular flexibility index (Phi) is 1.91. The van der Waals surface area contributed by atoms with Crippen LogP contribution in [0.3, 0.4) is 0 Å². The van der Waals surface area contributed by atoms with E-state index in [1.54, 1.807) is 6.20 Å². The molecule has 0 radical (unpaired) electrons. The van der Waals surface area contributed by atoms with Crippen LogP contribution in [0.25, 0.3) is 5.57 Å². The van der Waals surface area contributed by atoms with E-state index in [-0.39, 0.29) is 0 Å². The second-order valence-corrected chi connectivity index (χ2v) is 3.05. The highest BCUT2D eigenvalue weighted by molar-refractivity contribution is 5.63. The molecule has 2 heterocycles. The molecule has 0 amide bonds. The average Bonchev–Trinajstić information content (AvgIpc) is 2.56. The summed E-state index contributed by atoms with van der Waals surface area (Å²) in [5.41, 5.74) is 2.08. The zero-order valence-electron chi connectivity index (χ0n) is 7.03. The summed E-state index contributed by atoms with van der Waals surface area (Å²) in [6.45, 7) is 2.06. The van der Waals surface area contributed by atoms with Crippen molar-refractivity contribution in [2.24, 2.45) is 0 Å². The lowest BCUT2D eigenvalue weighted by Crippen LogP contribution is -2.24. The highest BCUT2D eigenvalue weighted by atomic mass is 16.6. The Hall–Kier alpha value is -1.16. The summed E-state index contributed by atoms with van der Waals surface area (Å²) >= 11 is 0. The smallest absolute Gasteiger partial charge is 0.131 e. The first-order chi connectivity index (χ1) is 5.86. The van der Waals surface area contributed by atoms with Crippen LogP contribution in [-0.4, -0.2) is 35.4 Å². The monoisotopic (exact) mass is 165 g/mol. The number of hydrogen-bond donors (Lipinski definition) is 0. The van der Waals surface area contributed by atoms with E-state index in [2.05, 4.69) is 33.0 Å². The van der Waals surface area contributed by atoms with Crippen molar-refractivity contribution in [2.45, 2.75) is 6.42 Å². The van der Waals surface area contributed by atoms with Crippen LogP contribution >= 0.6 is 0 Å². The van der Waals surface area contributed by atoms with Gasteiger partial charge >= 0.3 is 0 Å².